The molecular formula is C16H18N2OS. The molecule has 0 bridgehead atoms. The van der Waals surface area contributed by atoms with Crippen LogP contribution in [0.15, 0.2) is 39.8 Å². The second-order valence-corrected chi connectivity index (χ2v) is 5.86. The summed E-state index contributed by atoms with van der Waals surface area (Å²) in [7, 11) is 2.00. The van der Waals surface area contributed by atoms with Crippen molar-refractivity contribution in [2.75, 3.05) is 17.7 Å². The number of nitrogens with zero attached hydrogens (tertiary/aromatic N) is 2. The molecule has 20 heavy (non-hydrogen) atoms. The van der Waals surface area contributed by atoms with Crippen LogP contribution in [0.25, 0.3) is 0 Å². The molecule has 0 saturated carbocycles. The van der Waals surface area contributed by atoms with E-state index in [1.54, 1.807) is 18.0 Å². The van der Waals surface area contributed by atoms with Gasteiger partial charge in [-0.25, -0.2) is 0 Å². The Labute approximate surface area is 124 Å². The molecular weight excluding hydrogens is 268 g/mol. The first-order valence-electron chi connectivity index (χ1n) is 6.57. The molecule has 104 valence electrons. The summed E-state index contributed by atoms with van der Waals surface area (Å²) in [5.41, 5.74) is 2.86. The minimum absolute atomic E-state index is 0.733. The van der Waals surface area contributed by atoms with Crippen molar-refractivity contribution in [1.82, 2.24) is 0 Å². The van der Waals surface area contributed by atoms with Gasteiger partial charge in [0.15, 0.2) is 0 Å². The molecule has 0 aliphatic rings. The Kier molecular flexibility index (Phi) is 4.75. The zero-order chi connectivity index (χ0) is 14.5. The van der Waals surface area contributed by atoms with Gasteiger partial charge in [0.25, 0.3) is 0 Å². The van der Waals surface area contributed by atoms with Gasteiger partial charge in [-0.3, -0.25) is 0 Å². The Morgan fingerprint density at radius 2 is 2.15 bits per heavy atom. The summed E-state index contributed by atoms with van der Waals surface area (Å²) in [6.45, 7) is 4.78. The first kappa shape index (κ1) is 14.5. The molecule has 3 nitrogen and oxygen atoms in total. The third kappa shape index (κ3) is 3.00. The summed E-state index contributed by atoms with van der Waals surface area (Å²) >= 11 is 1.70. The lowest BCUT2D eigenvalue weighted by atomic mass is 10.1. The average molecular weight is 286 g/mol. The van der Waals surface area contributed by atoms with Crippen molar-refractivity contribution in [3.63, 3.8) is 0 Å². The van der Waals surface area contributed by atoms with Crippen LogP contribution in [0.3, 0.4) is 0 Å². The lowest BCUT2D eigenvalue weighted by Gasteiger charge is -2.21. The highest BCUT2D eigenvalue weighted by Gasteiger charge is 2.13. The maximum Gasteiger partial charge on any atom is 0.105 e. The minimum atomic E-state index is 0.733. The van der Waals surface area contributed by atoms with E-state index in [0.29, 0.717) is 0 Å². The number of anilines is 1. The summed E-state index contributed by atoms with van der Waals surface area (Å²) in [4.78, 5) is 3.14. The first-order valence-corrected chi connectivity index (χ1v) is 7.56. The Morgan fingerprint density at radius 3 is 2.75 bits per heavy atom. The van der Waals surface area contributed by atoms with Crippen LogP contribution in [0.2, 0.25) is 0 Å². The summed E-state index contributed by atoms with van der Waals surface area (Å²) in [6, 6.07) is 10.3. The van der Waals surface area contributed by atoms with Crippen molar-refractivity contribution in [1.29, 1.82) is 5.26 Å². The van der Waals surface area contributed by atoms with Crippen LogP contribution >= 0.6 is 11.8 Å². The number of furan rings is 1. The molecule has 0 aliphatic heterocycles. The van der Waals surface area contributed by atoms with Crippen LogP contribution in [0.5, 0.6) is 0 Å². The highest BCUT2D eigenvalue weighted by Crippen LogP contribution is 2.30. The molecule has 0 radical (unpaired) electrons. The van der Waals surface area contributed by atoms with Gasteiger partial charge < -0.3 is 9.32 Å². The fraction of sp³-hybridized carbons (Fsp3) is 0.312. The summed E-state index contributed by atoms with van der Waals surface area (Å²) < 4.78 is 5.32. The van der Waals surface area contributed by atoms with E-state index in [9.17, 15) is 5.26 Å². The molecule has 2 aromatic rings. The quantitative estimate of drug-likeness (QED) is 0.772. The summed E-state index contributed by atoms with van der Waals surface area (Å²) in [5, 5.41) is 9.45. The topological polar surface area (TPSA) is 40.2 Å². The third-order valence-corrected chi connectivity index (χ3v) is 4.14. The van der Waals surface area contributed by atoms with Crippen LogP contribution < -0.4 is 4.90 Å². The molecule has 0 saturated heterocycles. The van der Waals surface area contributed by atoms with Gasteiger partial charge >= 0.3 is 0 Å². The van der Waals surface area contributed by atoms with Gasteiger partial charge in [0.1, 0.15) is 11.8 Å². The fourth-order valence-electron chi connectivity index (χ4n) is 2.14. The van der Waals surface area contributed by atoms with Crippen LogP contribution in [0, 0.1) is 18.3 Å². The number of benzene rings is 1. The van der Waals surface area contributed by atoms with E-state index in [1.165, 1.54) is 0 Å². The predicted octanol–water partition coefficient (Wildman–Crippen LogP) is 4.21. The van der Waals surface area contributed by atoms with Crippen LogP contribution in [-0.2, 0) is 6.54 Å². The smallest absolute Gasteiger partial charge is 0.105 e. The van der Waals surface area contributed by atoms with Crippen molar-refractivity contribution < 1.29 is 4.42 Å². The van der Waals surface area contributed by atoms with Crippen molar-refractivity contribution >= 4 is 17.4 Å². The van der Waals surface area contributed by atoms with Crippen molar-refractivity contribution in [3.8, 4) is 6.07 Å². The molecule has 0 atom stereocenters. The molecule has 0 fully saturated rings. The summed E-state index contributed by atoms with van der Waals surface area (Å²) in [5.74, 6) is 1.89. The number of thioether (sulfide) groups is 1. The Morgan fingerprint density at radius 1 is 1.35 bits per heavy atom. The lowest BCUT2D eigenvalue weighted by Crippen LogP contribution is -2.18. The average Bonchev–Trinajstić information content (AvgIpc) is 2.84. The zero-order valence-electron chi connectivity index (χ0n) is 12.0. The molecule has 1 aromatic heterocycles. The number of hydrogen-bond donors (Lipinski definition) is 0. The molecule has 0 N–H and O–H groups in total. The standard InChI is InChI=1S/C16H18N2OS/c1-4-20-16-7-5-6-15(14(16)10-17)18(3)11-13-8-9-19-12(13)2/h5-9H,4,11H2,1-3H3. The molecule has 1 heterocycles. The maximum absolute atomic E-state index is 9.45. The van der Waals surface area contributed by atoms with E-state index in [2.05, 4.69) is 17.9 Å². The predicted molar refractivity (Wildman–Crippen MR) is 83.1 cm³/mol. The van der Waals surface area contributed by atoms with Gasteiger partial charge in [-0.2, -0.15) is 5.26 Å². The van der Waals surface area contributed by atoms with Crippen molar-refractivity contribution in [2.45, 2.75) is 25.3 Å². The Bertz CT molecular complexity index is 628. The van der Waals surface area contributed by atoms with Crippen LogP contribution in [-0.4, -0.2) is 12.8 Å². The SMILES string of the molecule is CCSc1cccc(N(C)Cc2ccoc2C)c1C#N. The highest BCUT2D eigenvalue weighted by atomic mass is 32.2. The number of nitriles is 1. The van der Waals surface area contributed by atoms with E-state index in [4.69, 9.17) is 4.42 Å². The molecule has 1 aromatic carbocycles. The molecule has 0 amide bonds. The number of hydrogen-bond acceptors (Lipinski definition) is 4. The second-order valence-electron chi connectivity index (χ2n) is 4.55. The number of aryl methyl sites for hydroxylation is 1. The van der Waals surface area contributed by atoms with E-state index in [-0.39, 0.29) is 0 Å². The lowest BCUT2D eigenvalue weighted by molar-refractivity contribution is 0.529. The Balaban J connectivity index is 2.30. The molecule has 2 rings (SSSR count). The summed E-state index contributed by atoms with van der Waals surface area (Å²) in [6.07, 6.45) is 1.70. The third-order valence-electron chi connectivity index (χ3n) is 3.20. The highest BCUT2D eigenvalue weighted by molar-refractivity contribution is 7.99. The van der Waals surface area contributed by atoms with E-state index in [1.807, 2.05) is 38.2 Å². The minimum Gasteiger partial charge on any atom is -0.469 e. The largest absolute Gasteiger partial charge is 0.469 e. The monoisotopic (exact) mass is 286 g/mol. The van der Waals surface area contributed by atoms with Gasteiger partial charge in [0.05, 0.1) is 17.5 Å². The van der Waals surface area contributed by atoms with E-state index in [0.717, 1.165) is 39.8 Å². The number of rotatable bonds is 5. The van der Waals surface area contributed by atoms with Gasteiger partial charge in [0.2, 0.25) is 0 Å². The van der Waals surface area contributed by atoms with E-state index < -0.39 is 0 Å². The molecule has 0 aliphatic carbocycles. The van der Waals surface area contributed by atoms with Gasteiger partial charge in [-0.15, -0.1) is 11.8 Å². The molecule has 0 unspecified atom stereocenters. The Hall–Kier alpha value is -1.86. The molecule has 0 spiro atoms. The van der Waals surface area contributed by atoms with Gasteiger partial charge in [0, 0.05) is 24.1 Å². The van der Waals surface area contributed by atoms with Crippen LogP contribution in [0.1, 0.15) is 23.8 Å². The first-order chi connectivity index (χ1) is 9.67. The van der Waals surface area contributed by atoms with Gasteiger partial charge in [-0.1, -0.05) is 13.0 Å². The van der Waals surface area contributed by atoms with Crippen LogP contribution in [0.4, 0.5) is 5.69 Å². The molecule has 4 heteroatoms. The fourth-order valence-corrected chi connectivity index (χ4v) is 2.92. The van der Waals surface area contributed by atoms with E-state index >= 15 is 0 Å². The normalized spacial score (nSPS) is 10.3. The maximum atomic E-state index is 9.45. The van der Waals surface area contributed by atoms with Crippen molar-refractivity contribution in [2.24, 2.45) is 0 Å². The van der Waals surface area contributed by atoms with Crippen molar-refractivity contribution in [3.05, 3.63) is 47.4 Å². The second kappa shape index (κ2) is 6.53. The van der Waals surface area contributed by atoms with Gasteiger partial charge in [-0.05, 0) is 30.9 Å². The zero-order valence-corrected chi connectivity index (χ0v) is 12.8.